The van der Waals surface area contributed by atoms with Crippen LogP contribution >= 0.6 is 0 Å². The van der Waals surface area contributed by atoms with E-state index in [1.807, 2.05) is 0 Å². The zero-order valence-corrected chi connectivity index (χ0v) is 19.1. The van der Waals surface area contributed by atoms with Crippen molar-refractivity contribution >= 4 is 5.69 Å². The first-order valence-corrected chi connectivity index (χ1v) is 11.6. The lowest BCUT2D eigenvalue weighted by molar-refractivity contribution is -0.0487. The van der Waals surface area contributed by atoms with Gasteiger partial charge in [0, 0.05) is 11.6 Å². The van der Waals surface area contributed by atoms with E-state index in [0.717, 1.165) is 0 Å². The molecule has 1 aromatic carbocycles. The summed E-state index contributed by atoms with van der Waals surface area (Å²) in [4.78, 5) is 2.45. The molecule has 3 unspecified atom stereocenters. The number of benzene rings is 1. The number of hydrogen-bond donors (Lipinski definition) is 0. The van der Waals surface area contributed by atoms with Gasteiger partial charge in [-0.15, -0.1) is 0 Å². The minimum absolute atomic E-state index is 0.0899. The Bertz CT molecular complexity index is 868. The zero-order chi connectivity index (χ0) is 21.3. The molecular formula is C28H37NO. The standard InChI is InChI=1S/C28H37NO/c1-6-29(25-15-11-10-12-21(25)3)26(22-13-8-7-9-14-22)24-19-20(2)18-23-16-17-28(4,5)30-27(23)24/h6,10-12,15-19,22-23,26-27H,1,7-9,13-14H2,2-5H3. The molecule has 0 aromatic heterocycles. The lowest BCUT2D eigenvalue weighted by atomic mass is 9.73. The summed E-state index contributed by atoms with van der Waals surface area (Å²) >= 11 is 0. The van der Waals surface area contributed by atoms with Gasteiger partial charge in [0.1, 0.15) is 0 Å². The van der Waals surface area contributed by atoms with E-state index >= 15 is 0 Å². The van der Waals surface area contributed by atoms with Crippen LogP contribution in [0.3, 0.4) is 0 Å². The SMILES string of the molecule is C=CN(c1ccccc1C)C(C1=CC(C)=CC2C=CC(C)(C)OC12)C1CCCCC1. The van der Waals surface area contributed by atoms with Gasteiger partial charge in [-0.05, 0) is 69.9 Å². The van der Waals surface area contributed by atoms with Gasteiger partial charge in [-0.25, -0.2) is 0 Å². The number of para-hydroxylation sites is 1. The molecule has 4 rings (SSSR count). The molecule has 0 N–H and O–H groups in total. The van der Waals surface area contributed by atoms with E-state index in [-0.39, 0.29) is 17.7 Å². The van der Waals surface area contributed by atoms with Gasteiger partial charge >= 0.3 is 0 Å². The number of hydrogen-bond acceptors (Lipinski definition) is 2. The van der Waals surface area contributed by atoms with Crippen molar-refractivity contribution < 1.29 is 4.74 Å². The van der Waals surface area contributed by atoms with E-state index in [2.05, 4.69) is 93.9 Å². The fourth-order valence-electron chi connectivity index (χ4n) is 5.60. The largest absolute Gasteiger partial charge is 0.363 e. The van der Waals surface area contributed by atoms with Crippen molar-refractivity contribution in [3.63, 3.8) is 0 Å². The summed E-state index contributed by atoms with van der Waals surface area (Å²) in [7, 11) is 0. The number of rotatable bonds is 5. The average Bonchev–Trinajstić information content (AvgIpc) is 2.73. The molecule has 2 aliphatic carbocycles. The van der Waals surface area contributed by atoms with Gasteiger partial charge in [-0.2, -0.15) is 0 Å². The number of ether oxygens (including phenoxy) is 1. The minimum Gasteiger partial charge on any atom is -0.363 e. The summed E-state index contributed by atoms with van der Waals surface area (Å²) < 4.78 is 6.71. The second-order valence-electron chi connectivity index (χ2n) is 9.85. The monoisotopic (exact) mass is 403 g/mol. The van der Waals surface area contributed by atoms with Crippen LogP contribution in [-0.4, -0.2) is 17.7 Å². The van der Waals surface area contributed by atoms with Crippen molar-refractivity contribution in [2.45, 2.75) is 77.5 Å². The number of nitrogens with zero attached hydrogens (tertiary/aromatic N) is 1. The van der Waals surface area contributed by atoms with Gasteiger partial charge < -0.3 is 9.64 Å². The molecule has 0 spiro atoms. The van der Waals surface area contributed by atoms with Gasteiger partial charge in [-0.1, -0.05) is 73.9 Å². The van der Waals surface area contributed by atoms with Crippen LogP contribution in [0.5, 0.6) is 0 Å². The summed E-state index contributed by atoms with van der Waals surface area (Å²) in [6, 6.07) is 8.99. The van der Waals surface area contributed by atoms with Crippen molar-refractivity contribution in [1.29, 1.82) is 0 Å². The lowest BCUT2D eigenvalue weighted by Gasteiger charge is -2.47. The maximum Gasteiger partial charge on any atom is 0.0917 e. The Balaban J connectivity index is 1.81. The quantitative estimate of drug-likeness (QED) is 0.485. The predicted molar refractivity (Wildman–Crippen MR) is 128 cm³/mol. The van der Waals surface area contributed by atoms with Gasteiger partial charge in [0.05, 0.1) is 17.7 Å². The smallest absolute Gasteiger partial charge is 0.0917 e. The first-order valence-electron chi connectivity index (χ1n) is 11.6. The van der Waals surface area contributed by atoms with Crippen molar-refractivity contribution in [2.24, 2.45) is 11.8 Å². The predicted octanol–water partition coefficient (Wildman–Crippen LogP) is 7.13. The van der Waals surface area contributed by atoms with Crippen LogP contribution in [0, 0.1) is 18.8 Å². The van der Waals surface area contributed by atoms with Crippen LogP contribution < -0.4 is 4.90 Å². The molecule has 0 radical (unpaired) electrons. The third kappa shape index (κ3) is 4.21. The molecule has 1 saturated carbocycles. The van der Waals surface area contributed by atoms with Gasteiger partial charge in [0.25, 0.3) is 0 Å². The normalized spacial score (nSPS) is 26.9. The highest BCUT2D eigenvalue weighted by atomic mass is 16.5. The van der Waals surface area contributed by atoms with Gasteiger partial charge in [0.15, 0.2) is 0 Å². The highest BCUT2D eigenvalue weighted by Crippen LogP contribution is 2.43. The van der Waals surface area contributed by atoms with E-state index < -0.39 is 0 Å². The molecule has 0 saturated heterocycles. The van der Waals surface area contributed by atoms with E-state index in [0.29, 0.717) is 11.8 Å². The minimum atomic E-state index is -0.238. The lowest BCUT2D eigenvalue weighted by Crippen LogP contribution is -2.48. The number of anilines is 1. The second kappa shape index (κ2) is 8.59. The summed E-state index contributed by atoms with van der Waals surface area (Å²) in [5.74, 6) is 0.930. The molecule has 1 aromatic rings. The topological polar surface area (TPSA) is 12.5 Å². The molecule has 3 aliphatic rings. The molecule has 1 fully saturated rings. The number of fused-ring (bicyclic) bond motifs is 1. The fraction of sp³-hybridized carbons (Fsp3) is 0.500. The molecule has 2 nitrogen and oxygen atoms in total. The van der Waals surface area contributed by atoms with Gasteiger partial charge in [0.2, 0.25) is 0 Å². The Morgan fingerprint density at radius 2 is 1.87 bits per heavy atom. The Labute approximate surface area is 183 Å². The second-order valence-corrected chi connectivity index (χ2v) is 9.85. The van der Waals surface area contributed by atoms with Crippen LogP contribution in [0.2, 0.25) is 0 Å². The molecule has 2 heteroatoms. The Hall–Kier alpha value is -2.06. The average molecular weight is 404 g/mol. The molecule has 1 heterocycles. The molecule has 30 heavy (non-hydrogen) atoms. The van der Waals surface area contributed by atoms with Crippen LogP contribution in [0.1, 0.15) is 58.4 Å². The molecule has 3 atom stereocenters. The maximum atomic E-state index is 6.71. The fourth-order valence-corrected chi connectivity index (χ4v) is 5.60. The van der Waals surface area contributed by atoms with Crippen LogP contribution in [0.4, 0.5) is 5.69 Å². The van der Waals surface area contributed by atoms with Crippen LogP contribution in [-0.2, 0) is 4.74 Å². The summed E-state index contributed by atoms with van der Waals surface area (Å²) in [6.45, 7) is 13.0. The van der Waals surface area contributed by atoms with Crippen molar-refractivity contribution in [2.75, 3.05) is 4.90 Å². The third-order valence-electron chi connectivity index (χ3n) is 7.01. The van der Waals surface area contributed by atoms with Gasteiger partial charge in [-0.3, -0.25) is 0 Å². The van der Waals surface area contributed by atoms with Crippen molar-refractivity contribution in [1.82, 2.24) is 0 Å². The summed E-state index contributed by atoms with van der Waals surface area (Å²) in [6.07, 6.45) is 18.0. The highest BCUT2D eigenvalue weighted by Gasteiger charge is 2.41. The number of aryl methyl sites for hydroxylation is 1. The van der Waals surface area contributed by atoms with Crippen molar-refractivity contribution in [3.05, 3.63) is 78.1 Å². The zero-order valence-electron chi connectivity index (χ0n) is 19.1. The van der Waals surface area contributed by atoms with E-state index in [9.17, 15) is 0 Å². The maximum absolute atomic E-state index is 6.71. The molecule has 160 valence electrons. The Kier molecular flexibility index (Phi) is 6.06. The van der Waals surface area contributed by atoms with E-state index in [4.69, 9.17) is 4.74 Å². The molecular weight excluding hydrogens is 366 g/mol. The van der Waals surface area contributed by atoms with Crippen LogP contribution in [0.15, 0.2) is 72.5 Å². The summed E-state index contributed by atoms with van der Waals surface area (Å²) in [5.41, 5.74) is 5.08. The number of allylic oxidation sites excluding steroid dienone is 2. The summed E-state index contributed by atoms with van der Waals surface area (Å²) in [5, 5.41) is 0. The van der Waals surface area contributed by atoms with E-state index in [1.165, 1.54) is 54.5 Å². The third-order valence-corrected chi connectivity index (χ3v) is 7.01. The van der Waals surface area contributed by atoms with Crippen LogP contribution in [0.25, 0.3) is 0 Å². The molecule has 0 bridgehead atoms. The molecule has 1 aliphatic heterocycles. The Morgan fingerprint density at radius 1 is 1.13 bits per heavy atom. The first kappa shape index (κ1) is 21.2. The highest BCUT2D eigenvalue weighted by molar-refractivity contribution is 5.59. The van der Waals surface area contributed by atoms with Crippen molar-refractivity contribution in [3.8, 4) is 0 Å². The first-order chi connectivity index (χ1) is 14.4. The van der Waals surface area contributed by atoms with E-state index in [1.54, 1.807) is 0 Å². The Morgan fingerprint density at radius 3 is 2.57 bits per heavy atom. The molecule has 0 amide bonds.